The fourth-order valence-electron chi connectivity index (χ4n) is 24.3. The van der Waals surface area contributed by atoms with E-state index >= 15 is 0 Å². The van der Waals surface area contributed by atoms with Gasteiger partial charge in [0.25, 0.3) is 0 Å². The van der Waals surface area contributed by atoms with Crippen molar-refractivity contribution in [2.24, 2.45) is 35.5 Å². The number of nitrogens with zero attached hydrogens (tertiary/aromatic N) is 4. The van der Waals surface area contributed by atoms with E-state index in [1.807, 2.05) is 0 Å². The van der Waals surface area contributed by atoms with Gasteiger partial charge in [-0.1, -0.05) is 272 Å². The third kappa shape index (κ3) is 14.7. The Labute approximate surface area is 737 Å². The van der Waals surface area contributed by atoms with E-state index in [9.17, 15) is 0 Å². The molecule has 0 atom stereocenters. The Kier molecular flexibility index (Phi) is 19.6. The van der Waals surface area contributed by atoms with Gasteiger partial charge in [-0.05, 0) is 371 Å². The zero-order valence-electron chi connectivity index (χ0n) is 71.1. The Morgan fingerprint density at radius 1 is 0.176 bits per heavy atom. The number of fused-ring (bicyclic) bond motifs is 1. The normalized spacial score (nSPS) is 20.0. The van der Waals surface area contributed by atoms with E-state index in [1.165, 1.54) is 144 Å². The second-order valence-electron chi connectivity index (χ2n) is 37.4. The second kappa shape index (κ2) is 32.1. The standard InChI is InChI=1S/C121H102N4/c1-83-32-34-98(35-33-83)99-24-16-28-114(75-99)125(115-29-17-25-100(76-115)103-73-101(91-20-8-3-9-21-91)72-102(74-103)92-22-10-4-11-23-92)119-65-64-118(116-30-14-15-31-117(116)119)124(113-62-48-105(49-63-113)121-80-87-69-88(81-121)71-89(70-87)82-121)112-58-44-97(45-59-112)96-42-56-110(57-43-96)123(108-50-36-93(37-51-108)90-18-6-2-7-19-90)109-54-40-95(41-55-109)94-38-52-107(53-39-94)122(106-26-12-5-13-27-106)111-60-46-104(47-61-111)120-77-84-66-85(78-120)68-86(67-84)79-120/h2-65,72-76,84-89H,66-71,77-82H2,1H3. The van der Waals surface area contributed by atoms with Crippen LogP contribution < -0.4 is 19.6 Å². The second-order valence-corrected chi connectivity index (χ2v) is 37.4. The van der Waals surface area contributed by atoms with Crippen molar-refractivity contribution in [3.05, 3.63) is 435 Å². The van der Waals surface area contributed by atoms with Crippen molar-refractivity contribution in [2.45, 2.75) is 94.8 Å². The molecule has 0 N–H and O–H groups in total. The number of para-hydroxylation sites is 1. The number of hydrogen-bond donors (Lipinski definition) is 0. The minimum absolute atomic E-state index is 0.271. The summed E-state index contributed by atoms with van der Waals surface area (Å²) >= 11 is 0. The topological polar surface area (TPSA) is 13.0 Å². The van der Waals surface area contributed by atoms with Crippen molar-refractivity contribution in [3.8, 4) is 77.9 Å². The van der Waals surface area contributed by atoms with Gasteiger partial charge < -0.3 is 19.6 Å². The maximum Gasteiger partial charge on any atom is 0.0541 e. The zero-order valence-corrected chi connectivity index (χ0v) is 71.1. The lowest BCUT2D eigenvalue weighted by molar-refractivity contribution is -0.00530. The highest BCUT2D eigenvalue weighted by molar-refractivity contribution is 6.08. The third-order valence-electron chi connectivity index (χ3n) is 29.4. The molecule has 8 aliphatic rings. The highest BCUT2D eigenvalue weighted by atomic mass is 15.2. The van der Waals surface area contributed by atoms with E-state index in [1.54, 1.807) is 5.56 Å². The number of rotatable bonds is 21. The van der Waals surface area contributed by atoms with Crippen molar-refractivity contribution in [1.82, 2.24) is 0 Å². The number of hydrogen-bond acceptors (Lipinski definition) is 4. The first kappa shape index (κ1) is 76.1. The van der Waals surface area contributed by atoms with Crippen LogP contribution in [0.1, 0.15) is 93.7 Å². The van der Waals surface area contributed by atoms with Crippen LogP contribution in [0.4, 0.5) is 68.2 Å². The minimum atomic E-state index is 0.271. The van der Waals surface area contributed by atoms with Crippen LogP contribution in [0.2, 0.25) is 0 Å². The van der Waals surface area contributed by atoms with Gasteiger partial charge in [-0.3, -0.25) is 0 Å². The molecule has 8 aliphatic carbocycles. The summed E-state index contributed by atoms with van der Waals surface area (Å²) in [5, 5.41) is 2.31. The van der Waals surface area contributed by atoms with Crippen molar-refractivity contribution in [3.63, 3.8) is 0 Å². The van der Waals surface area contributed by atoms with Crippen molar-refractivity contribution in [2.75, 3.05) is 19.6 Å². The summed E-state index contributed by atoms with van der Waals surface area (Å²) in [6, 6.07) is 157. The molecule has 0 spiro atoms. The molecule has 25 rings (SSSR count). The molecule has 0 radical (unpaired) electrons. The largest absolute Gasteiger partial charge is 0.311 e. The lowest BCUT2D eigenvalue weighted by atomic mass is 9.48. The van der Waals surface area contributed by atoms with Crippen LogP contribution in [0.5, 0.6) is 0 Å². The lowest BCUT2D eigenvalue weighted by Crippen LogP contribution is -2.48. The van der Waals surface area contributed by atoms with Gasteiger partial charge in [-0.2, -0.15) is 0 Å². The molecule has 0 aliphatic heterocycles. The molecule has 17 aromatic rings. The molecular formula is C121H102N4. The van der Waals surface area contributed by atoms with Gasteiger partial charge in [0.2, 0.25) is 0 Å². The first-order valence-corrected chi connectivity index (χ1v) is 45.7. The van der Waals surface area contributed by atoms with Gasteiger partial charge in [0.05, 0.1) is 11.4 Å². The average Bonchev–Trinajstić information content (AvgIpc) is 0.795. The van der Waals surface area contributed by atoms with Crippen LogP contribution in [-0.4, -0.2) is 0 Å². The van der Waals surface area contributed by atoms with Crippen molar-refractivity contribution in [1.29, 1.82) is 0 Å². The Morgan fingerprint density at radius 2 is 0.400 bits per heavy atom. The van der Waals surface area contributed by atoms with Crippen molar-refractivity contribution >= 4 is 79.0 Å². The van der Waals surface area contributed by atoms with Crippen molar-refractivity contribution < 1.29 is 0 Å². The van der Waals surface area contributed by atoms with Gasteiger partial charge in [0.1, 0.15) is 0 Å². The van der Waals surface area contributed by atoms with E-state index in [4.69, 9.17) is 0 Å². The Hall–Kier alpha value is -13.8. The Bertz CT molecular complexity index is 6600. The van der Waals surface area contributed by atoms with Crippen LogP contribution >= 0.6 is 0 Å². The summed E-state index contributed by atoms with van der Waals surface area (Å²) in [6.45, 7) is 2.16. The Balaban J connectivity index is 0.585. The molecule has 4 nitrogen and oxygen atoms in total. The van der Waals surface area contributed by atoms with E-state index in [-0.39, 0.29) is 5.41 Å². The third-order valence-corrected chi connectivity index (χ3v) is 29.4. The van der Waals surface area contributed by atoms with E-state index in [0.29, 0.717) is 5.41 Å². The number of benzene rings is 17. The maximum atomic E-state index is 2.53. The predicted molar refractivity (Wildman–Crippen MR) is 525 cm³/mol. The highest BCUT2D eigenvalue weighted by Gasteiger charge is 2.53. The van der Waals surface area contributed by atoms with Crippen LogP contribution in [0, 0.1) is 42.4 Å². The summed E-state index contributed by atoms with van der Waals surface area (Å²) in [5.74, 6) is 5.32. The molecule has 125 heavy (non-hydrogen) atoms. The molecule has 0 saturated heterocycles. The van der Waals surface area contributed by atoms with E-state index in [0.717, 1.165) is 137 Å². The first-order chi connectivity index (χ1) is 61.6. The molecule has 0 heterocycles. The van der Waals surface area contributed by atoms with Gasteiger partial charge >= 0.3 is 0 Å². The molecule has 4 heteroatoms. The summed E-state index contributed by atoms with van der Waals surface area (Å²) in [7, 11) is 0. The van der Waals surface area contributed by atoms with Crippen LogP contribution in [0.3, 0.4) is 0 Å². The van der Waals surface area contributed by atoms with Gasteiger partial charge in [-0.15, -0.1) is 0 Å². The molecule has 8 bridgehead atoms. The molecule has 17 aromatic carbocycles. The van der Waals surface area contributed by atoms with Gasteiger partial charge in [-0.25, -0.2) is 0 Å². The van der Waals surface area contributed by atoms with Gasteiger partial charge in [0, 0.05) is 67.6 Å². The van der Waals surface area contributed by atoms with E-state index in [2.05, 4.69) is 445 Å². The predicted octanol–water partition coefficient (Wildman–Crippen LogP) is 33.6. The molecule has 8 saturated carbocycles. The SMILES string of the molecule is Cc1ccc(-c2cccc(N(c3cccc(-c4cc(-c5ccccc5)cc(-c5ccccc5)c4)c3)c3ccc(N(c4ccc(-c5ccc(N(c6ccc(-c7ccccc7)cc6)c6ccc(-c7ccc(N(c8ccccc8)c8ccc(C9%10CC%11CC(CC(C%11)C9)C%10)cc8)cc7)cc6)cc5)cc4)c4ccc(C56CC7CC(CC(C7)C5)C6)cc4)c4ccccc34)c2)cc1. The highest BCUT2D eigenvalue weighted by Crippen LogP contribution is 2.63. The fourth-order valence-corrected chi connectivity index (χ4v) is 24.3. The number of aryl methyl sites for hydroxylation is 1. The Morgan fingerprint density at radius 3 is 0.736 bits per heavy atom. The van der Waals surface area contributed by atoms with E-state index < -0.39 is 0 Å². The summed E-state index contributed by atoms with van der Waals surface area (Å²) in [6.07, 6.45) is 16.8. The number of anilines is 12. The van der Waals surface area contributed by atoms with Crippen LogP contribution in [0.25, 0.3) is 88.7 Å². The average molecular weight is 1610 g/mol. The summed E-state index contributed by atoms with van der Waals surface area (Å²) in [4.78, 5) is 9.84. The van der Waals surface area contributed by atoms with Crippen LogP contribution in [-0.2, 0) is 10.8 Å². The smallest absolute Gasteiger partial charge is 0.0541 e. The molecular weight excluding hydrogens is 1510 g/mol. The zero-order chi connectivity index (χ0) is 82.9. The van der Waals surface area contributed by atoms with Gasteiger partial charge in [0.15, 0.2) is 0 Å². The fraction of sp³-hybridized carbons (Fsp3) is 0.174. The first-order valence-electron chi connectivity index (χ1n) is 45.7. The molecule has 0 amide bonds. The maximum absolute atomic E-state index is 2.53. The molecule has 8 fully saturated rings. The summed E-state index contributed by atoms with van der Waals surface area (Å²) < 4.78 is 0. The lowest BCUT2D eigenvalue weighted by Gasteiger charge is -2.57. The minimum Gasteiger partial charge on any atom is -0.311 e. The van der Waals surface area contributed by atoms with Crippen LogP contribution in [0.15, 0.2) is 419 Å². The molecule has 0 aromatic heterocycles. The summed E-state index contributed by atoms with van der Waals surface area (Å²) in [5.41, 5.74) is 34.7. The quantitative estimate of drug-likeness (QED) is 0.0711. The molecule has 606 valence electrons. The monoisotopic (exact) mass is 1610 g/mol. The molecule has 0 unspecified atom stereocenters.